The van der Waals surface area contributed by atoms with Gasteiger partial charge in [0.2, 0.25) is 5.88 Å². The van der Waals surface area contributed by atoms with Crippen molar-refractivity contribution >= 4 is 5.91 Å². The highest BCUT2D eigenvalue weighted by atomic mass is 19.4. The first kappa shape index (κ1) is 22.5. The zero-order chi connectivity index (χ0) is 23.3. The summed E-state index contributed by atoms with van der Waals surface area (Å²) in [6.07, 6.45) is 4.97. The maximum Gasteiger partial charge on any atom is 0.417 e. The maximum atomic E-state index is 12.7. The third-order valence-corrected chi connectivity index (χ3v) is 5.39. The number of alkyl halides is 3. The summed E-state index contributed by atoms with van der Waals surface area (Å²) < 4.78 is 43.6. The molecule has 33 heavy (non-hydrogen) atoms. The van der Waals surface area contributed by atoms with Crippen LogP contribution in [0.1, 0.15) is 40.7 Å². The summed E-state index contributed by atoms with van der Waals surface area (Å²) in [5.74, 6) is 0.490. The fraction of sp³-hybridized carbons (Fsp3) is 0.240. The first-order valence-electron chi connectivity index (χ1n) is 10.6. The maximum absolute atomic E-state index is 12.7. The van der Waals surface area contributed by atoms with Crippen molar-refractivity contribution in [2.24, 2.45) is 0 Å². The Morgan fingerprint density at radius 1 is 1.15 bits per heavy atom. The van der Waals surface area contributed by atoms with Gasteiger partial charge in [-0.15, -0.1) is 0 Å². The Labute approximate surface area is 189 Å². The molecule has 1 fully saturated rings. The molecule has 1 N–H and O–H groups in total. The molecule has 2 heterocycles. The molecular formula is C25H22F3N3O2. The number of nitrogens with one attached hydrogen (secondary N) is 1. The molecule has 1 aromatic carbocycles. The fourth-order valence-corrected chi connectivity index (χ4v) is 3.68. The molecule has 0 spiro atoms. The number of aromatic nitrogens is 2. The highest BCUT2D eigenvalue weighted by Crippen LogP contribution is 2.30. The molecule has 3 aromatic rings. The molecular weight excluding hydrogens is 431 g/mol. The number of carbonyl (C=O) groups excluding carboxylic acids is 1. The largest absolute Gasteiger partial charge is 0.439 e. The molecule has 1 amide bonds. The predicted molar refractivity (Wildman–Crippen MR) is 117 cm³/mol. The van der Waals surface area contributed by atoms with Gasteiger partial charge in [0, 0.05) is 30.7 Å². The van der Waals surface area contributed by atoms with Gasteiger partial charge in [0.15, 0.2) is 0 Å². The van der Waals surface area contributed by atoms with E-state index in [9.17, 15) is 18.0 Å². The molecule has 4 rings (SSSR count). The first-order valence-corrected chi connectivity index (χ1v) is 10.6. The number of benzene rings is 1. The minimum absolute atomic E-state index is 0.0986. The van der Waals surface area contributed by atoms with Crippen molar-refractivity contribution < 1.29 is 22.7 Å². The summed E-state index contributed by atoms with van der Waals surface area (Å²) in [5.41, 5.74) is 2.02. The molecule has 1 aliphatic carbocycles. The molecule has 0 aliphatic heterocycles. The van der Waals surface area contributed by atoms with E-state index in [1.807, 2.05) is 18.2 Å². The first-order chi connectivity index (χ1) is 15.9. The number of hydrogen-bond donors (Lipinski definition) is 1. The monoisotopic (exact) mass is 453 g/mol. The van der Waals surface area contributed by atoms with E-state index in [1.54, 1.807) is 30.6 Å². The smallest absolute Gasteiger partial charge is 0.417 e. The van der Waals surface area contributed by atoms with E-state index < -0.39 is 11.7 Å². The van der Waals surface area contributed by atoms with Gasteiger partial charge in [-0.1, -0.05) is 23.8 Å². The number of pyridine rings is 2. The molecule has 1 aliphatic rings. The van der Waals surface area contributed by atoms with E-state index in [4.69, 9.17) is 4.74 Å². The summed E-state index contributed by atoms with van der Waals surface area (Å²) in [6, 6.07) is 13.1. The summed E-state index contributed by atoms with van der Waals surface area (Å²) >= 11 is 0. The molecule has 1 saturated carbocycles. The summed E-state index contributed by atoms with van der Waals surface area (Å²) in [5, 5.41) is 3.06. The van der Waals surface area contributed by atoms with Gasteiger partial charge in [0.05, 0.1) is 11.1 Å². The van der Waals surface area contributed by atoms with Crippen LogP contribution < -0.4 is 10.1 Å². The highest BCUT2D eigenvalue weighted by Gasteiger charge is 2.30. The summed E-state index contributed by atoms with van der Waals surface area (Å²) in [6.45, 7) is 0. The quantitative estimate of drug-likeness (QED) is 0.484. The second kappa shape index (κ2) is 9.85. The Morgan fingerprint density at radius 2 is 2.03 bits per heavy atom. The topological polar surface area (TPSA) is 64.1 Å². The van der Waals surface area contributed by atoms with Crippen LogP contribution in [-0.2, 0) is 12.6 Å². The molecule has 1 atom stereocenters. The Hall–Kier alpha value is -3.68. The van der Waals surface area contributed by atoms with Gasteiger partial charge < -0.3 is 10.1 Å². The molecule has 0 saturated heterocycles. The molecule has 8 heteroatoms. The summed E-state index contributed by atoms with van der Waals surface area (Å²) in [4.78, 5) is 20.0. The van der Waals surface area contributed by atoms with Crippen molar-refractivity contribution in [3.05, 3.63) is 95.5 Å². The van der Waals surface area contributed by atoms with Gasteiger partial charge in [-0.25, -0.2) is 4.98 Å². The van der Waals surface area contributed by atoms with Crippen molar-refractivity contribution in [2.75, 3.05) is 0 Å². The van der Waals surface area contributed by atoms with Crippen molar-refractivity contribution in [1.29, 1.82) is 0 Å². The molecule has 1 unspecified atom stereocenters. The molecule has 2 aromatic heterocycles. The van der Waals surface area contributed by atoms with E-state index in [0.717, 1.165) is 37.1 Å². The number of nitrogens with zero attached hydrogens (tertiary/aromatic N) is 2. The normalized spacial score (nSPS) is 17.2. The molecule has 170 valence electrons. The number of halogens is 3. The number of allylic oxidation sites excluding steroid dienone is 1. The zero-order valence-corrected chi connectivity index (χ0v) is 17.7. The van der Waals surface area contributed by atoms with Gasteiger partial charge in [0.25, 0.3) is 5.91 Å². The highest BCUT2D eigenvalue weighted by molar-refractivity contribution is 5.94. The molecule has 0 bridgehead atoms. The number of carbonyl (C=O) groups is 1. The number of rotatable bonds is 6. The van der Waals surface area contributed by atoms with Crippen LogP contribution >= 0.6 is 0 Å². The third-order valence-electron chi connectivity index (χ3n) is 5.39. The van der Waals surface area contributed by atoms with Crippen LogP contribution in [0.4, 0.5) is 13.2 Å². The standard InChI is InChI=1S/C25H22F3N3O2/c26-25(27,28)20-9-11-23(30-16-20)33-22-5-1-3-17(14-22)6-7-18-8-10-21(13-18)31-24(32)19-4-2-12-29-15-19/h1-5,7,9,11-12,14-16,21H,6,8,10,13H2,(H,31,32)/b18-7+. The van der Waals surface area contributed by atoms with Crippen molar-refractivity contribution in [2.45, 2.75) is 37.9 Å². The van der Waals surface area contributed by atoms with Crippen LogP contribution in [0.5, 0.6) is 11.6 Å². The fourth-order valence-electron chi connectivity index (χ4n) is 3.68. The van der Waals surface area contributed by atoms with E-state index >= 15 is 0 Å². The average Bonchev–Trinajstić information content (AvgIpc) is 3.25. The predicted octanol–water partition coefficient (Wildman–Crippen LogP) is 5.74. The summed E-state index contributed by atoms with van der Waals surface area (Å²) in [7, 11) is 0. The Bertz CT molecular complexity index is 1130. The molecule has 0 radical (unpaired) electrons. The van der Waals surface area contributed by atoms with E-state index in [1.165, 1.54) is 11.6 Å². The third kappa shape index (κ3) is 6.19. The SMILES string of the molecule is O=C(NC1CC/C(=C\Cc2cccc(Oc3ccc(C(F)(F)F)cn3)c2)C1)c1cccnc1. The lowest BCUT2D eigenvalue weighted by atomic mass is 10.1. The van der Waals surface area contributed by atoms with E-state index in [2.05, 4.69) is 21.4 Å². The minimum atomic E-state index is -4.43. The molecule has 5 nitrogen and oxygen atoms in total. The number of ether oxygens (including phenoxy) is 1. The van der Waals surface area contributed by atoms with Gasteiger partial charge in [-0.3, -0.25) is 9.78 Å². The van der Waals surface area contributed by atoms with E-state index in [0.29, 0.717) is 17.7 Å². The van der Waals surface area contributed by atoms with Crippen LogP contribution in [-0.4, -0.2) is 21.9 Å². The Morgan fingerprint density at radius 3 is 2.76 bits per heavy atom. The lowest BCUT2D eigenvalue weighted by molar-refractivity contribution is -0.137. The van der Waals surface area contributed by atoms with Gasteiger partial charge in [-0.05, 0) is 61.6 Å². The second-order valence-corrected chi connectivity index (χ2v) is 7.85. The Balaban J connectivity index is 1.32. The van der Waals surface area contributed by atoms with E-state index in [-0.39, 0.29) is 17.8 Å². The van der Waals surface area contributed by atoms with Gasteiger partial charge in [-0.2, -0.15) is 13.2 Å². The number of amides is 1. The lowest BCUT2D eigenvalue weighted by Gasteiger charge is -2.11. The average molecular weight is 453 g/mol. The van der Waals surface area contributed by atoms with Crippen molar-refractivity contribution in [3.8, 4) is 11.6 Å². The van der Waals surface area contributed by atoms with Gasteiger partial charge in [0.1, 0.15) is 5.75 Å². The number of hydrogen-bond acceptors (Lipinski definition) is 4. The minimum Gasteiger partial charge on any atom is -0.439 e. The van der Waals surface area contributed by atoms with Crippen LogP contribution in [0.2, 0.25) is 0 Å². The second-order valence-electron chi connectivity index (χ2n) is 7.85. The zero-order valence-electron chi connectivity index (χ0n) is 17.7. The van der Waals surface area contributed by atoms with Crippen LogP contribution in [0.15, 0.2) is 78.8 Å². The van der Waals surface area contributed by atoms with Crippen LogP contribution in [0.25, 0.3) is 0 Å². The van der Waals surface area contributed by atoms with Crippen LogP contribution in [0.3, 0.4) is 0 Å². The van der Waals surface area contributed by atoms with Crippen LogP contribution in [0, 0.1) is 0 Å². The Kier molecular flexibility index (Phi) is 6.72. The van der Waals surface area contributed by atoms with Crippen molar-refractivity contribution in [1.82, 2.24) is 15.3 Å². The van der Waals surface area contributed by atoms with Crippen molar-refractivity contribution in [3.63, 3.8) is 0 Å². The lowest BCUT2D eigenvalue weighted by Crippen LogP contribution is -2.32. The van der Waals surface area contributed by atoms with Gasteiger partial charge >= 0.3 is 6.18 Å².